The molecule has 2 aromatic carbocycles. The van der Waals surface area contributed by atoms with Crippen LogP contribution in [-0.4, -0.2) is 39.6 Å². The lowest BCUT2D eigenvalue weighted by Gasteiger charge is -2.31. The number of sulfone groups is 1. The third-order valence-electron chi connectivity index (χ3n) is 6.40. The van der Waals surface area contributed by atoms with E-state index in [2.05, 4.69) is 16.5 Å². The zero-order valence-corrected chi connectivity index (χ0v) is 19.8. The third kappa shape index (κ3) is 4.16. The number of hydrogen-bond acceptors (Lipinski definition) is 7. The summed E-state index contributed by atoms with van der Waals surface area (Å²) >= 11 is 1.32. The molecule has 0 saturated carbocycles. The summed E-state index contributed by atoms with van der Waals surface area (Å²) in [7, 11) is -1.78. The van der Waals surface area contributed by atoms with Gasteiger partial charge in [0.2, 0.25) is 15.7 Å². The summed E-state index contributed by atoms with van der Waals surface area (Å²) in [5, 5.41) is 5.10. The van der Waals surface area contributed by atoms with Gasteiger partial charge >= 0.3 is 0 Å². The van der Waals surface area contributed by atoms with Gasteiger partial charge in [0.1, 0.15) is 6.20 Å². The molecule has 2 aliphatic heterocycles. The first kappa shape index (κ1) is 22.1. The van der Waals surface area contributed by atoms with Gasteiger partial charge in [-0.05, 0) is 55.0 Å². The van der Waals surface area contributed by atoms with Crippen LogP contribution in [0.25, 0.3) is 0 Å². The van der Waals surface area contributed by atoms with Gasteiger partial charge < -0.3 is 15.0 Å². The maximum Gasteiger partial charge on any atom is 0.233 e. The second-order valence-corrected chi connectivity index (χ2v) is 11.1. The number of amides is 1. The number of para-hydroxylation sites is 1. The van der Waals surface area contributed by atoms with Crippen molar-refractivity contribution in [3.05, 3.63) is 59.6 Å². The van der Waals surface area contributed by atoms with Crippen LogP contribution in [0, 0.1) is 12.1 Å². The average Bonchev–Trinajstić information content (AvgIpc) is 3.34. The fourth-order valence-electron chi connectivity index (χ4n) is 4.60. The lowest BCUT2D eigenvalue weighted by atomic mass is 9.84. The predicted octanol–water partition coefficient (Wildman–Crippen LogP) is 4.40. The quantitative estimate of drug-likeness (QED) is 0.580. The van der Waals surface area contributed by atoms with Gasteiger partial charge in [-0.1, -0.05) is 18.2 Å². The van der Waals surface area contributed by atoms with Gasteiger partial charge in [0.15, 0.2) is 5.13 Å². The zero-order chi connectivity index (χ0) is 23.0. The summed E-state index contributed by atoms with van der Waals surface area (Å²) in [6, 6.07) is 12.2. The van der Waals surface area contributed by atoms with Gasteiger partial charge in [-0.2, -0.15) is 0 Å². The van der Waals surface area contributed by atoms with Crippen molar-refractivity contribution >= 4 is 43.6 Å². The second kappa shape index (κ2) is 8.89. The van der Waals surface area contributed by atoms with E-state index in [-0.39, 0.29) is 10.8 Å². The fraction of sp³-hybridized carbons (Fsp3) is 0.333. The molecule has 0 spiro atoms. The lowest BCUT2D eigenvalue weighted by Crippen LogP contribution is -2.27. The first-order valence-electron chi connectivity index (χ1n) is 10.9. The Hall–Kier alpha value is -2.75. The van der Waals surface area contributed by atoms with E-state index in [9.17, 15) is 13.2 Å². The summed E-state index contributed by atoms with van der Waals surface area (Å²) < 4.78 is 32.0. The van der Waals surface area contributed by atoms with Crippen molar-refractivity contribution in [1.29, 1.82) is 0 Å². The summed E-state index contributed by atoms with van der Waals surface area (Å²) in [5.74, 6) is -0.224. The van der Waals surface area contributed by atoms with E-state index < -0.39 is 15.8 Å². The molecule has 0 bridgehead atoms. The summed E-state index contributed by atoms with van der Waals surface area (Å²) in [6.07, 6.45) is 5.20. The predicted molar refractivity (Wildman–Crippen MR) is 127 cm³/mol. The number of nitrogens with one attached hydrogen (secondary N) is 1. The Morgan fingerprint density at radius 2 is 1.97 bits per heavy atom. The number of carbonyl (C=O) groups excluding carboxylic acids is 1. The van der Waals surface area contributed by atoms with Crippen molar-refractivity contribution in [3.63, 3.8) is 0 Å². The zero-order valence-electron chi connectivity index (χ0n) is 18.2. The highest BCUT2D eigenvalue weighted by molar-refractivity contribution is 7.92. The average molecular weight is 483 g/mol. The number of thiazole rings is 1. The van der Waals surface area contributed by atoms with Crippen molar-refractivity contribution < 1.29 is 17.9 Å². The van der Waals surface area contributed by atoms with E-state index in [1.165, 1.54) is 11.3 Å². The molecule has 7 nitrogen and oxygen atoms in total. The molecule has 1 fully saturated rings. The molecule has 3 aromatic rings. The number of ether oxygens (including phenoxy) is 1. The van der Waals surface area contributed by atoms with Gasteiger partial charge in [-0.15, -0.1) is 11.3 Å². The molecule has 5 rings (SSSR count). The van der Waals surface area contributed by atoms with Crippen LogP contribution in [0.5, 0.6) is 0 Å². The van der Waals surface area contributed by atoms with Crippen molar-refractivity contribution in [2.24, 2.45) is 5.92 Å². The highest BCUT2D eigenvalue weighted by Crippen LogP contribution is 2.44. The number of aromatic nitrogens is 1. The standard InChI is InChI=1S/C24H24N3O4S2/c1-27-19-4-2-3-5-21(19)33(29,30)22-7-6-17(15-20(22)27)18(14-16-8-11-31-12-9-16)23(28)26-24-25-10-13-32-24/h2-7,13,15-16,18H,8-9,11-12,14H2,1H3,(H,25,26,28). The topological polar surface area (TPSA) is 88.6 Å². The fourth-order valence-corrected chi connectivity index (χ4v) is 6.78. The van der Waals surface area contributed by atoms with Gasteiger partial charge in [0, 0.05) is 25.6 Å². The van der Waals surface area contributed by atoms with Crippen LogP contribution in [0.2, 0.25) is 0 Å². The Morgan fingerprint density at radius 1 is 1.21 bits per heavy atom. The van der Waals surface area contributed by atoms with E-state index in [0.717, 1.165) is 18.4 Å². The molecule has 9 heteroatoms. The van der Waals surface area contributed by atoms with Crippen LogP contribution < -0.4 is 10.2 Å². The molecular weight excluding hydrogens is 458 g/mol. The lowest BCUT2D eigenvalue weighted by molar-refractivity contribution is -0.118. The van der Waals surface area contributed by atoms with Crippen molar-refractivity contribution in [2.45, 2.75) is 35.0 Å². The number of carbonyl (C=O) groups is 1. The van der Waals surface area contributed by atoms with Crippen LogP contribution in [0.3, 0.4) is 0 Å². The monoisotopic (exact) mass is 482 g/mol. The molecule has 1 unspecified atom stereocenters. The first-order chi connectivity index (χ1) is 15.9. The second-order valence-electron chi connectivity index (χ2n) is 8.37. The summed E-state index contributed by atoms with van der Waals surface area (Å²) in [4.78, 5) is 19.8. The smallest absolute Gasteiger partial charge is 0.233 e. The molecule has 1 atom stereocenters. The number of fused-ring (bicyclic) bond motifs is 2. The molecular formula is C24H24N3O4S2. The number of hydrogen-bond donors (Lipinski definition) is 1. The van der Waals surface area contributed by atoms with Crippen LogP contribution in [0.15, 0.2) is 57.6 Å². The minimum atomic E-state index is -3.64. The molecule has 0 aliphatic carbocycles. The van der Waals surface area contributed by atoms with Crippen LogP contribution in [0.4, 0.5) is 16.5 Å². The molecule has 33 heavy (non-hydrogen) atoms. The Labute approximate surface area is 197 Å². The molecule has 1 aromatic heterocycles. The van der Waals surface area contributed by atoms with Crippen molar-refractivity contribution in [2.75, 3.05) is 30.5 Å². The van der Waals surface area contributed by atoms with E-state index >= 15 is 0 Å². The number of benzene rings is 2. The number of rotatable bonds is 5. The third-order valence-corrected chi connectivity index (χ3v) is 8.89. The van der Waals surface area contributed by atoms with Crippen LogP contribution in [0.1, 0.15) is 30.7 Å². The Kier molecular flexibility index (Phi) is 5.94. The summed E-state index contributed by atoms with van der Waals surface area (Å²) in [6.45, 7) is 1.39. The van der Waals surface area contributed by atoms with Gasteiger partial charge in [0.05, 0.1) is 27.1 Å². The maximum atomic E-state index is 13.3. The minimum absolute atomic E-state index is 0.147. The Bertz CT molecular complexity index is 1270. The van der Waals surface area contributed by atoms with Gasteiger partial charge in [-0.3, -0.25) is 4.79 Å². The van der Waals surface area contributed by atoms with Crippen LogP contribution >= 0.6 is 11.3 Å². The Balaban J connectivity index is 1.53. The molecule has 3 heterocycles. The number of anilines is 3. The molecule has 2 aliphatic rings. The van der Waals surface area contributed by atoms with Crippen LogP contribution in [-0.2, 0) is 19.4 Å². The summed E-state index contributed by atoms with van der Waals surface area (Å²) in [5.41, 5.74) is 2.00. The van der Waals surface area contributed by atoms with E-state index in [4.69, 9.17) is 4.74 Å². The Morgan fingerprint density at radius 3 is 2.73 bits per heavy atom. The van der Waals surface area contributed by atoms with E-state index in [0.29, 0.717) is 47.0 Å². The van der Waals surface area contributed by atoms with E-state index in [1.54, 1.807) is 35.7 Å². The highest BCUT2D eigenvalue weighted by Gasteiger charge is 2.34. The van der Waals surface area contributed by atoms with Gasteiger partial charge in [0.25, 0.3) is 0 Å². The molecule has 1 N–H and O–H groups in total. The largest absolute Gasteiger partial charge is 0.381 e. The van der Waals surface area contributed by atoms with Crippen molar-refractivity contribution in [3.8, 4) is 0 Å². The SMILES string of the molecule is CN1c2ccccc2S(=O)(=O)c2ccc(C(CC3CCOCC3)C(=O)Nc3n[c]cs3)cc21. The normalized spacial score (nSPS) is 18.3. The first-order valence-corrected chi connectivity index (χ1v) is 13.2. The molecule has 171 valence electrons. The van der Waals surface area contributed by atoms with Crippen molar-refractivity contribution in [1.82, 2.24) is 4.98 Å². The highest BCUT2D eigenvalue weighted by atomic mass is 32.2. The van der Waals surface area contributed by atoms with Gasteiger partial charge in [-0.25, -0.2) is 13.4 Å². The number of nitrogens with zero attached hydrogens (tertiary/aromatic N) is 2. The molecule has 1 saturated heterocycles. The van der Waals surface area contributed by atoms with E-state index in [1.807, 2.05) is 24.1 Å². The molecule has 1 amide bonds. The minimum Gasteiger partial charge on any atom is -0.381 e. The molecule has 1 radical (unpaired) electrons. The maximum absolute atomic E-state index is 13.3.